The van der Waals surface area contributed by atoms with Crippen LogP contribution in [-0.4, -0.2) is 23.0 Å². The van der Waals surface area contributed by atoms with Crippen LogP contribution < -0.4 is 16.2 Å². The second kappa shape index (κ2) is 6.29. The Kier molecular flexibility index (Phi) is 4.98. The molecule has 4 N–H and O–H groups in total. The predicted molar refractivity (Wildman–Crippen MR) is 69.6 cm³/mol. The van der Waals surface area contributed by atoms with Crippen LogP contribution in [0.2, 0.25) is 0 Å². The summed E-state index contributed by atoms with van der Waals surface area (Å²) in [5.41, 5.74) is 9.26. The number of nitrogens with two attached hydrogens (primary N) is 2. The van der Waals surface area contributed by atoms with E-state index in [2.05, 4.69) is 0 Å². The van der Waals surface area contributed by atoms with E-state index in [4.69, 9.17) is 16.2 Å². The van der Waals surface area contributed by atoms with E-state index in [1.54, 1.807) is 0 Å². The van der Waals surface area contributed by atoms with Crippen molar-refractivity contribution in [3.8, 4) is 5.75 Å². The first kappa shape index (κ1) is 15.8. The third-order valence-corrected chi connectivity index (χ3v) is 2.79. The maximum absolute atomic E-state index is 13.5. The van der Waals surface area contributed by atoms with Gasteiger partial charge in [0.25, 0.3) is 5.69 Å². The molecule has 0 aliphatic heterocycles. The van der Waals surface area contributed by atoms with Gasteiger partial charge in [0.1, 0.15) is 0 Å². The number of primary amides is 1. The van der Waals surface area contributed by atoms with Gasteiger partial charge in [-0.2, -0.15) is 0 Å². The van der Waals surface area contributed by atoms with Crippen LogP contribution in [0.4, 0.5) is 10.1 Å². The minimum Gasteiger partial charge on any atom is -0.491 e. The number of benzene rings is 1. The summed E-state index contributed by atoms with van der Waals surface area (Å²) in [6.45, 7) is 1.62. The van der Waals surface area contributed by atoms with Crippen LogP contribution in [0.1, 0.15) is 19.8 Å². The fourth-order valence-electron chi connectivity index (χ4n) is 1.47. The molecule has 20 heavy (non-hydrogen) atoms. The molecule has 0 heterocycles. The molecule has 1 rings (SSSR count). The van der Waals surface area contributed by atoms with E-state index < -0.39 is 22.2 Å². The molecule has 0 saturated heterocycles. The quantitative estimate of drug-likeness (QED) is 0.441. The van der Waals surface area contributed by atoms with E-state index in [0.29, 0.717) is 6.42 Å². The highest BCUT2D eigenvalue weighted by Crippen LogP contribution is 2.22. The lowest BCUT2D eigenvalue weighted by molar-refractivity contribution is -0.385. The van der Waals surface area contributed by atoms with Crippen LogP contribution in [0.3, 0.4) is 0 Å². The monoisotopic (exact) mass is 285 g/mol. The number of carbonyl (C=O) groups excluding carboxylic acids is 1. The standard InChI is InChI=1S/C12H16FN3O4/c1-12(15,11(14)17)5-2-6-20-10-4-3-8(16(18)19)7-9(10)13/h3-4,7H,2,5-6,15H2,1H3,(H2,14,17). The number of rotatable bonds is 7. The molecule has 1 unspecified atom stereocenters. The zero-order chi connectivity index (χ0) is 15.3. The van der Waals surface area contributed by atoms with Crippen molar-refractivity contribution < 1.29 is 18.8 Å². The number of carbonyl (C=O) groups is 1. The van der Waals surface area contributed by atoms with E-state index in [9.17, 15) is 19.3 Å². The Labute approximate surface area is 114 Å². The molecule has 0 aromatic heterocycles. The summed E-state index contributed by atoms with van der Waals surface area (Å²) < 4.78 is 18.6. The lowest BCUT2D eigenvalue weighted by Gasteiger charge is -2.20. The smallest absolute Gasteiger partial charge is 0.272 e. The zero-order valence-electron chi connectivity index (χ0n) is 11.0. The Bertz CT molecular complexity index is 519. The van der Waals surface area contributed by atoms with Crippen molar-refractivity contribution in [1.29, 1.82) is 0 Å². The minimum atomic E-state index is -1.14. The Morgan fingerprint density at radius 1 is 1.55 bits per heavy atom. The molecule has 0 bridgehead atoms. The van der Waals surface area contributed by atoms with E-state index >= 15 is 0 Å². The molecular weight excluding hydrogens is 269 g/mol. The number of non-ortho nitro benzene ring substituents is 1. The maximum Gasteiger partial charge on any atom is 0.272 e. The Morgan fingerprint density at radius 3 is 2.70 bits per heavy atom. The number of nitro benzene ring substituents is 1. The second-order valence-corrected chi connectivity index (χ2v) is 4.61. The summed E-state index contributed by atoms with van der Waals surface area (Å²) in [6.07, 6.45) is 0.684. The van der Waals surface area contributed by atoms with Crippen LogP contribution in [0.25, 0.3) is 0 Å². The van der Waals surface area contributed by atoms with E-state index in [1.807, 2.05) is 0 Å². The summed E-state index contributed by atoms with van der Waals surface area (Å²) in [5, 5.41) is 10.4. The lowest BCUT2D eigenvalue weighted by Crippen LogP contribution is -2.49. The average Bonchev–Trinajstić information content (AvgIpc) is 2.35. The highest BCUT2D eigenvalue weighted by atomic mass is 19.1. The number of nitrogens with zero attached hydrogens (tertiary/aromatic N) is 1. The molecule has 1 amide bonds. The van der Waals surface area contributed by atoms with E-state index in [0.717, 1.165) is 12.1 Å². The molecule has 0 spiro atoms. The van der Waals surface area contributed by atoms with E-state index in [-0.39, 0.29) is 24.5 Å². The molecule has 0 aliphatic rings. The number of ether oxygens (including phenoxy) is 1. The third kappa shape index (κ3) is 4.16. The van der Waals surface area contributed by atoms with Gasteiger partial charge < -0.3 is 16.2 Å². The van der Waals surface area contributed by atoms with Crippen LogP contribution in [0, 0.1) is 15.9 Å². The van der Waals surface area contributed by atoms with Crippen LogP contribution >= 0.6 is 0 Å². The summed E-state index contributed by atoms with van der Waals surface area (Å²) in [4.78, 5) is 20.7. The molecule has 7 nitrogen and oxygen atoms in total. The minimum absolute atomic E-state index is 0.0894. The highest BCUT2D eigenvalue weighted by molar-refractivity contribution is 5.83. The SMILES string of the molecule is CC(N)(CCCOc1ccc([N+](=O)[O-])cc1F)C(N)=O. The Balaban J connectivity index is 2.51. The van der Waals surface area contributed by atoms with Crippen LogP contribution in [0.5, 0.6) is 5.75 Å². The first-order valence-corrected chi connectivity index (χ1v) is 5.89. The van der Waals surface area contributed by atoms with Gasteiger partial charge in [-0.05, 0) is 25.8 Å². The molecule has 0 aliphatic carbocycles. The molecule has 0 fully saturated rings. The maximum atomic E-state index is 13.5. The number of halogens is 1. The van der Waals surface area contributed by atoms with Crippen molar-refractivity contribution in [2.75, 3.05) is 6.61 Å². The summed E-state index contributed by atoms with van der Waals surface area (Å²) >= 11 is 0. The van der Waals surface area contributed by atoms with Gasteiger partial charge in [-0.3, -0.25) is 14.9 Å². The Hall–Kier alpha value is -2.22. The van der Waals surface area contributed by atoms with E-state index in [1.165, 1.54) is 13.0 Å². The van der Waals surface area contributed by atoms with Gasteiger partial charge in [-0.1, -0.05) is 0 Å². The molecule has 0 saturated carbocycles. The summed E-state index contributed by atoms with van der Waals surface area (Å²) in [5.74, 6) is -1.53. The largest absolute Gasteiger partial charge is 0.491 e. The van der Waals surface area contributed by atoms with Gasteiger partial charge in [0.05, 0.1) is 23.1 Å². The molecule has 110 valence electrons. The van der Waals surface area contributed by atoms with Gasteiger partial charge in [0, 0.05) is 6.07 Å². The van der Waals surface area contributed by atoms with Gasteiger partial charge in [-0.25, -0.2) is 4.39 Å². The van der Waals surface area contributed by atoms with Crippen molar-refractivity contribution >= 4 is 11.6 Å². The van der Waals surface area contributed by atoms with Crippen molar-refractivity contribution in [2.24, 2.45) is 11.5 Å². The van der Waals surface area contributed by atoms with Crippen molar-refractivity contribution in [1.82, 2.24) is 0 Å². The average molecular weight is 285 g/mol. The molecule has 8 heteroatoms. The molecule has 1 aromatic carbocycles. The van der Waals surface area contributed by atoms with Crippen molar-refractivity contribution in [2.45, 2.75) is 25.3 Å². The number of hydrogen-bond acceptors (Lipinski definition) is 5. The second-order valence-electron chi connectivity index (χ2n) is 4.61. The molecular formula is C12H16FN3O4. The summed E-state index contributed by atoms with van der Waals surface area (Å²) in [7, 11) is 0. The van der Waals surface area contributed by atoms with Crippen LogP contribution in [0.15, 0.2) is 18.2 Å². The number of hydrogen-bond donors (Lipinski definition) is 2. The van der Waals surface area contributed by atoms with Gasteiger partial charge >= 0.3 is 0 Å². The molecule has 1 aromatic rings. The number of nitro groups is 1. The molecule has 0 radical (unpaired) electrons. The fraction of sp³-hybridized carbons (Fsp3) is 0.417. The zero-order valence-corrected chi connectivity index (χ0v) is 11.0. The normalized spacial score (nSPS) is 13.6. The lowest BCUT2D eigenvalue weighted by atomic mass is 9.97. The topological polar surface area (TPSA) is 121 Å². The molecule has 1 atom stereocenters. The first-order valence-electron chi connectivity index (χ1n) is 5.89. The number of amides is 1. The fourth-order valence-corrected chi connectivity index (χ4v) is 1.47. The van der Waals surface area contributed by atoms with Crippen LogP contribution in [-0.2, 0) is 4.79 Å². The van der Waals surface area contributed by atoms with Gasteiger partial charge in [0.2, 0.25) is 5.91 Å². The van der Waals surface area contributed by atoms with Gasteiger partial charge in [0.15, 0.2) is 11.6 Å². The predicted octanol–water partition coefficient (Wildman–Crippen LogP) is 1.10. The van der Waals surface area contributed by atoms with Crippen molar-refractivity contribution in [3.63, 3.8) is 0 Å². The first-order chi connectivity index (χ1) is 9.24. The highest BCUT2D eigenvalue weighted by Gasteiger charge is 2.24. The van der Waals surface area contributed by atoms with Gasteiger partial charge in [-0.15, -0.1) is 0 Å². The summed E-state index contributed by atoms with van der Waals surface area (Å²) in [6, 6.07) is 3.11. The van der Waals surface area contributed by atoms with Crippen molar-refractivity contribution in [3.05, 3.63) is 34.1 Å². The third-order valence-electron chi connectivity index (χ3n) is 2.79. The Morgan fingerprint density at radius 2 is 2.20 bits per heavy atom.